The Hall–Kier alpha value is -3.23. The average molecular weight is 478 g/mol. The number of carbonyl (C=O) groups is 1. The Morgan fingerprint density at radius 1 is 1.23 bits per heavy atom. The van der Waals surface area contributed by atoms with Crippen molar-refractivity contribution in [3.05, 3.63) is 57.4 Å². The lowest BCUT2D eigenvalue weighted by molar-refractivity contribution is -0.172. The van der Waals surface area contributed by atoms with E-state index in [1.165, 1.54) is 0 Å². The number of aliphatic hydroxyl groups is 1. The number of fused-ring (bicyclic) bond motifs is 5. The van der Waals surface area contributed by atoms with Crippen LogP contribution < -0.4 is 10.3 Å². The van der Waals surface area contributed by atoms with Gasteiger partial charge >= 0.3 is 5.97 Å². The number of rotatable bonds is 7. The first-order valence-corrected chi connectivity index (χ1v) is 12.2. The van der Waals surface area contributed by atoms with E-state index in [0.29, 0.717) is 29.1 Å². The zero-order valence-electron chi connectivity index (χ0n) is 20.6. The van der Waals surface area contributed by atoms with Gasteiger partial charge in [0.25, 0.3) is 5.56 Å². The van der Waals surface area contributed by atoms with Gasteiger partial charge in [-0.3, -0.25) is 9.69 Å². The smallest absolute Gasteiger partial charge is 0.343 e. The molecule has 1 aromatic carbocycles. The maximum Gasteiger partial charge on any atom is 0.343 e. The SMILES string of the molecule is CCCCC(Oc1c2c(nc3ccccc13)-c1cc3c(c(=O)n1C2)COC(=O)[C@]3(O)CC)N(C)C. The number of aromatic nitrogens is 2. The van der Waals surface area contributed by atoms with Gasteiger partial charge in [-0.05, 0) is 51.6 Å². The molecular formula is C27H31N3O5. The van der Waals surface area contributed by atoms with Gasteiger partial charge in [0.05, 0.1) is 29.0 Å². The van der Waals surface area contributed by atoms with Crippen molar-refractivity contribution in [1.82, 2.24) is 14.5 Å². The molecule has 0 radical (unpaired) electrons. The molecule has 0 amide bonds. The normalized spacial score (nSPS) is 19.3. The maximum atomic E-state index is 13.5. The largest absolute Gasteiger partial charge is 0.474 e. The second kappa shape index (κ2) is 8.77. The number of esters is 1. The predicted octanol–water partition coefficient (Wildman–Crippen LogP) is 3.54. The summed E-state index contributed by atoms with van der Waals surface area (Å²) in [6, 6.07) is 9.53. The van der Waals surface area contributed by atoms with Crippen LogP contribution in [0.3, 0.4) is 0 Å². The number of hydrogen-bond donors (Lipinski definition) is 1. The first-order chi connectivity index (χ1) is 16.8. The van der Waals surface area contributed by atoms with E-state index in [0.717, 1.165) is 41.5 Å². The van der Waals surface area contributed by atoms with Crippen LogP contribution in [0.4, 0.5) is 0 Å². The third-order valence-electron chi connectivity index (χ3n) is 7.18. The lowest BCUT2D eigenvalue weighted by Gasteiger charge is -2.31. The number of ether oxygens (including phenoxy) is 2. The van der Waals surface area contributed by atoms with Gasteiger partial charge in [0.15, 0.2) is 11.8 Å². The molecular weight excluding hydrogens is 446 g/mol. The van der Waals surface area contributed by atoms with E-state index in [4.69, 9.17) is 14.5 Å². The van der Waals surface area contributed by atoms with E-state index in [2.05, 4.69) is 11.8 Å². The summed E-state index contributed by atoms with van der Waals surface area (Å²) in [6.45, 7) is 4.01. The lowest BCUT2D eigenvalue weighted by atomic mass is 9.86. The van der Waals surface area contributed by atoms with E-state index in [1.54, 1.807) is 17.6 Å². The third-order valence-corrected chi connectivity index (χ3v) is 7.18. The zero-order chi connectivity index (χ0) is 24.9. The highest BCUT2D eigenvalue weighted by Gasteiger charge is 2.45. The van der Waals surface area contributed by atoms with E-state index in [1.807, 2.05) is 38.4 Å². The maximum absolute atomic E-state index is 13.5. The van der Waals surface area contributed by atoms with Crippen molar-refractivity contribution in [2.45, 2.75) is 64.5 Å². The molecule has 184 valence electrons. The molecule has 0 saturated heterocycles. The Labute approximate surface area is 204 Å². The Balaban J connectivity index is 1.72. The summed E-state index contributed by atoms with van der Waals surface area (Å²) in [5.74, 6) is -0.00475. The van der Waals surface area contributed by atoms with Crippen LogP contribution in [0.25, 0.3) is 22.3 Å². The van der Waals surface area contributed by atoms with Crippen LogP contribution in [-0.2, 0) is 28.3 Å². The summed E-state index contributed by atoms with van der Waals surface area (Å²) < 4.78 is 13.5. The molecule has 2 atom stereocenters. The second-order valence-electron chi connectivity index (χ2n) is 9.57. The van der Waals surface area contributed by atoms with Crippen LogP contribution in [-0.4, -0.2) is 45.9 Å². The summed E-state index contributed by atoms with van der Waals surface area (Å²) in [4.78, 5) is 33.0. The van der Waals surface area contributed by atoms with Crippen LogP contribution in [0.2, 0.25) is 0 Å². The van der Waals surface area contributed by atoms with Crippen LogP contribution in [0.5, 0.6) is 5.75 Å². The van der Waals surface area contributed by atoms with Gasteiger partial charge in [0.2, 0.25) is 0 Å². The molecule has 8 nitrogen and oxygen atoms in total. The quantitative estimate of drug-likeness (QED) is 0.321. The number of para-hydroxylation sites is 1. The Morgan fingerprint density at radius 2 is 2.00 bits per heavy atom. The molecule has 4 heterocycles. The number of cyclic esters (lactones) is 1. The summed E-state index contributed by atoms with van der Waals surface area (Å²) in [6.07, 6.45) is 2.95. The van der Waals surface area contributed by atoms with Gasteiger partial charge in [-0.1, -0.05) is 32.4 Å². The number of nitrogens with zero attached hydrogens (tertiary/aromatic N) is 3. The standard InChI is InChI=1S/C27H31N3O5/c1-5-7-12-22(29(3)4)35-24-16-10-8-9-11-20(16)28-23-17(24)14-30-21(23)13-19-18(25(30)31)15-34-26(32)27(19,33)6-2/h8-11,13,22,33H,5-7,12,14-15H2,1-4H3/t22?,27-/m0/s1. The Morgan fingerprint density at radius 3 is 2.71 bits per heavy atom. The fourth-order valence-corrected chi connectivity index (χ4v) is 5.06. The molecule has 0 spiro atoms. The summed E-state index contributed by atoms with van der Waals surface area (Å²) in [7, 11) is 4.00. The van der Waals surface area contributed by atoms with Crippen molar-refractivity contribution < 1.29 is 19.4 Å². The van der Waals surface area contributed by atoms with Gasteiger partial charge in [-0.2, -0.15) is 0 Å². The van der Waals surface area contributed by atoms with Crippen molar-refractivity contribution in [3.8, 4) is 17.1 Å². The molecule has 0 saturated carbocycles. The minimum atomic E-state index is -1.85. The fourth-order valence-electron chi connectivity index (χ4n) is 5.06. The van der Waals surface area contributed by atoms with Crippen LogP contribution >= 0.6 is 0 Å². The Bertz CT molecular complexity index is 1380. The lowest BCUT2D eigenvalue weighted by Crippen LogP contribution is -2.44. The van der Waals surface area contributed by atoms with Crippen molar-refractivity contribution in [2.24, 2.45) is 0 Å². The van der Waals surface area contributed by atoms with Gasteiger partial charge < -0.3 is 19.1 Å². The first-order valence-electron chi connectivity index (χ1n) is 12.2. The monoisotopic (exact) mass is 477 g/mol. The van der Waals surface area contributed by atoms with Crippen LogP contribution in [0, 0.1) is 0 Å². The minimum absolute atomic E-state index is 0.107. The summed E-state index contributed by atoms with van der Waals surface area (Å²) in [5.41, 5.74) is 1.31. The highest BCUT2D eigenvalue weighted by Crippen LogP contribution is 2.43. The van der Waals surface area contributed by atoms with Crippen molar-refractivity contribution in [2.75, 3.05) is 14.1 Å². The fraction of sp³-hybridized carbons (Fsp3) is 0.444. The van der Waals surface area contributed by atoms with Gasteiger partial charge in [-0.15, -0.1) is 0 Å². The highest BCUT2D eigenvalue weighted by molar-refractivity contribution is 5.91. The first kappa shape index (κ1) is 23.5. The molecule has 5 rings (SSSR count). The van der Waals surface area contributed by atoms with Gasteiger partial charge in [-0.25, -0.2) is 9.78 Å². The molecule has 3 aromatic rings. The number of unbranched alkanes of at least 4 members (excludes halogenated alkanes) is 1. The topological polar surface area (TPSA) is 93.9 Å². The second-order valence-corrected chi connectivity index (χ2v) is 9.57. The summed E-state index contributed by atoms with van der Waals surface area (Å²) >= 11 is 0. The molecule has 2 aliphatic rings. The van der Waals surface area contributed by atoms with Crippen molar-refractivity contribution >= 4 is 16.9 Å². The van der Waals surface area contributed by atoms with Crippen molar-refractivity contribution in [3.63, 3.8) is 0 Å². The number of benzene rings is 1. The average Bonchev–Trinajstić information content (AvgIpc) is 3.22. The minimum Gasteiger partial charge on any atom is -0.474 e. The third kappa shape index (κ3) is 3.63. The molecule has 2 aromatic heterocycles. The van der Waals surface area contributed by atoms with Crippen LogP contribution in [0.15, 0.2) is 35.1 Å². The molecule has 35 heavy (non-hydrogen) atoms. The van der Waals surface area contributed by atoms with Crippen molar-refractivity contribution in [1.29, 1.82) is 0 Å². The molecule has 1 unspecified atom stereocenters. The molecule has 8 heteroatoms. The van der Waals surface area contributed by atoms with E-state index in [9.17, 15) is 14.7 Å². The molecule has 0 aliphatic carbocycles. The van der Waals surface area contributed by atoms with Gasteiger partial charge in [0.1, 0.15) is 12.4 Å². The van der Waals surface area contributed by atoms with E-state index in [-0.39, 0.29) is 24.8 Å². The zero-order valence-corrected chi connectivity index (χ0v) is 20.6. The molecule has 0 fully saturated rings. The molecule has 1 N–H and O–H groups in total. The van der Waals surface area contributed by atoms with Crippen LogP contribution in [0.1, 0.15) is 56.2 Å². The highest BCUT2D eigenvalue weighted by atomic mass is 16.6. The predicted molar refractivity (Wildman–Crippen MR) is 132 cm³/mol. The number of carbonyl (C=O) groups excluding carboxylic acids is 1. The molecule has 0 bridgehead atoms. The Kier molecular flexibility index (Phi) is 5.89. The number of pyridine rings is 2. The van der Waals surface area contributed by atoms with Gasteiger partial charge in [0, 0.05) is 16.5 Å². The summed E-state index contributed by atoms with van der Waals surface area (Å²) in [5, 5.41) is 12.0. The van der Waals surface area contributed by atoms with E-state index >= 15 is 0 Å². The number of hydrogen-bond acceptors (Lipinski definition) is 7. The van der Waals surface area contributed by atoms with E-state index < -0.39 is 11.6 Å². The molecule has 2 aliphatic heterocycles.